The normalized spacial score (nSPS) is 12.8. The van der Waals surface area contributed by atoms with E-state index >= 15 is 0 Å². The van der Waals surface area contributed by atoms with Crippen molar-refractivity contribution in [2.45, 2.75) is 98.4 Å². The molecule has 0 radical (unpaired) electrons. The predicted octanol–water partition coefficient (Wildman–Crippen LogP) is 7.00. The van der Waals surface area contributed by atoms with Gasteiger partial charge >= 0.3 is 16.4 Å². The Bertz CT molecular complexity index is 1190. The van der Waals surface area contributed by atoms with Gasteiger partial charge in [0.05, 0.1) is 0 Å². The van der Waals surface area contributed by atoms with E-state index in [0.29, 0.717) is 12.3 Å². The maximum atomic E-state index is 13.1. The van der Waals surface area contributed by atoms with Gasteiger partial charge in [-0.25, -0.2) is 4.79 Å². The van der Waals surface area contributed by atoms with Crippen LogP contribution in [0.25, 0.3) is 0 Å². The largest absolute Gasteiger partial charge is 0.429 e. The maximum Gasteiger partial charge on any atom is 0.429 e. The molecule has 1 N–H and O–H groups in total. The molecule has 0 unspecified atom stereocenters. The molecule has 0 heterocycles. The van der Waals surface area contributed by atoms with E-state index in [1.54, 1.807) is 0 Å². The first-order chi connectivity index (χ1) is 17.2. The van der Waals surface area contributed by atoms with Crippen LogP contribution in [0.4, 0.5) is 4.79 Å². The lowest BCUT2D eigenvalue weighted by Gasteiger charge is -2.30. The highest BCUT2D eigenvalue weighted by molar-refractivity contribution is 7.85. The van der Waals surface area contributed by atoms with E-state index in [2.05, 4.69) is 4.90 Å². The third-order valence-corrected chi connectivity index (χ3v) is 6.98. The molecule has 0 aromatic heterocycles. The molecule has 2 rings (SSSR count). The van der Waals surface area contributed by atoms with Gasteiger partial charge in [0.2, 0.25) is 0 Å². The number of hydrogen-bond donors (Lipinski definition) is 1. The Balaban J connectivity index is 2.50. The number of hydrogen-bond acceptors (Lipinski definition) is 6. The SMILES string of the molecule is CC(C)c1cccc(C(C)C)c1OS(=O)(=O)NC(=O)Oc1c(C(C)(C)C)cc(CN(C)C)cc1C(C)(C)C. The number of carbonyl (C=O) groups excluding carboxylic acids is 1. The van der Waals surface area contributed by atoms with Crippen molar-refractivity contribution in [1.82, 2.24) is 9.62 Å². The average Bonchev–Trinajstić information content (AvgIpc) is 2.71. The highest BCUT2D eigenvalue weighted by Crippen LogP contribution is 2.41. The molecule has 0 bridgehead atoms. The molecule has 1 amide bonds. The molecule has 0 fully saturated rings. The summed E-state index contributed by atoms with van der Waals surface area (Å²) in [5.74, 6) is 0.660. The minimum atomic E-state index is -4.52. The summed E-state index contributed by atoms with van der Waals surface area (Å²) < 4.78 is 39.4. The van der Waals surface area contributed by atoms with Crippen LogP contribution in [0.2, 0.25) is 0 Å². The fourth-order valence-electron chi connectivity index (χ4n) is 4.29. The van der Waals surface area contributed by atoms with Gasteiger partial charge in [0.25, 0.3) is 0 Å². The van der Waals surface area contributed by atoms with Gasteiger partial charge in [-0.05, 0) is 53.5 Å². The molecule has 8 heteroatoms. The average molecular weight is 547 g/mol. The molecular weight excluding hydrogens is 500 g/mol. The summed E-state index contributed by atoms with van der Waals surface area (Å²) in [5, 5.41) is 0. The third-order valence-electron chi connectivity index (χ3n) is 6.18. The summed E-state index contributed by atoms with van der Waals surface area (Å²) in [6.45, 7) is 20.8. The summed E-state index contributed by atoms with van der Waals surface area (Å²) in [6.07, 6.45) is -1.12. The predicted molar refractivity (Wildman–Crippen MR) is 155 cm³/mol. The molecule has 7 nitrogen and oxygen atoms in total. The molecule has 0 aliphatic heterocycles. The molecule has 38 heavy (non-hydrogen) atoms. The third kappa shape index (κ3) is 8.21. The van der Waals surface area contributed by atoms with Gasteiger partial charge in [0.15, 0.2) is 5.75 Å². The van der Waals surface area contributed by atoms with Gasteiger partial charge in [-0.2, -0.15) is 13.1 Å². The molecule has 0 atom stereocenters. The first-order valence-electron chi connectivity index (χ1n) is 13.1. The lowest BCUT2D eigenvalue weighted by atomic mass is 9.78. The molecule has 0 aliphatic carbocycles. The molecular formula is C30H46N2O5S. The van der Waals surface area contributed by atoms with Crippen LogP contribution in [0.3, 0.4) is 0 Å². The quantitative estimate of drug-likeness (QED) is 0.384. The molecule has 212 valence electrons. The van der Waals surface area contributed by atoms with Crippen LogP contribution in [0.15, 0.2) is 30.3 Å². The van der Waals surface area contributed by atoms with E-state index in [1.807, 2.05) is 118 Å². The smallest absolute Gasteiger partial charge is 0.409 e. The van der Waals surface area contributed by atoms with Crippen LogP contribution in [0.5, 0.6) is 11.5 Å². The van der Waals surface area contributed by atoms with E-state index in [0.717, 1.165) is 27.8 Å². The highest BCUT2D eigenvalue weighted by Gasteiger charge is 2.31. The van der Waals surface area contributed by atoms with Crippen LogP contribution < -0.4 is 13.6 Å². The summed E-state index contributed by atoms with van der Waals surface area (Å²) in [6, 6.07) is 9.60. The summed E-state index contributed by atoms with van der Waals surface area (Å²) >= 11 is 0. The second-order valence-electron chi connectivity index (χ2n) is 12.9. The van der Waals surface area contributed by atoms with Crippen molar-refractivity contribution in [3.63, 3.8) is 0 Å². The van der Waals surface area contributed by atoms with E-state index in [4.69, 9.17) is 8.92 Å². The number of amides is 1. The van der Waals surface area contributed by atoms with Crippen molar-refractivity contribution in [1.29, 1.82) is 0 Å². The second kappa shape index (κ2) is 11.7. The number of ether oxygens (including phenoxy) is 1. The Hall–Kier alpha value is -2.58. The van der Waals surface area contributed by atoms with Crippen LogP contribution >= 0.6 is 0 Å². The summed E-state index contributed by atoms with van der Waals surface area (Å²) in [5.41, 5.74) is 3.49. The lowest BCUT2D eigenvalue weighted by molar-refractivity contribution is 0.204. The zero-order valence-corrected chi connectivity index (χ0v) is 26.0. The Labute approximate surface area is 230 Å². The number of carbonyl (C=O) groups is 1. The zero-order chi connectivity index (χ0) is 29.2. The molecule has 0 saturated heterocycles. The van der Waals surface area contributed by atoms with Crippen molar-refractivity contribution in [2.24, 2.45) is 0 Å². The number of rotatable bonds is 8. The minimum Gasteiger partial charge on any atom is -0.409 e. The van der Waals surface area contributed by atoms with Crippen molar-refractivity contribution < 1.29 is 22.1 Å². The van der Waals surface area contributed by atoms with Crippen LogP contribution in [-0.2, 0) is 27.7 Å². The Kier molecular flexibility index (Phi) is 9.71. The van der Waals surface area contributed by atoms with Crippen LogP contribution in [-0.4, -0.2) is 33.5 Å². The first kappa shape index (κ1) is 31.6. The van der Waals surface area contributed by atoms with Gasteiger partial charge in [0, 0.05) is 17.7 Å². The number of para-hydroxylation sites is 1. The second-order valence-corrected chi connectivity index (χ2v) is 14.1. The van der Waals surface area contributed by atoms with Crippen molar-refractivity contribution in [3.8, 4) is 11.5 Å². The van der Waals surface area contributed by atoms with Crippen molar-refractivity contribution in [2.75, 3.05) is 14.1 Å². The number of nitrogens with zero attached hydrogens (tertiary/aromatic N) is 1. The van der Waals surface area contributed by atoms with E-state index in [-0.39, 0.29) is 28.4 Å². The number of nitrogens with one attached hydrogen (secondary N) is 1. The van der Waals surface area contributed by atoms with Gasteiger partial charge in [-0.1, -0.05) is 99.6 Å². The zero-order valence-electron chi connectivity index (χ0n) is 25.1. The monoisotopic (exact) mass is 546 g/mol. The molecule has 0 aliphatic rings. The first-order valence-corrected chi connectivity index (χ1v) is 14.5. The molecule has 0 spiro atoms. The fraction of sp³-hybridized carbons (Fsp3) is 0.567. The van der Waals surface area contributed by atoms with Crippen LogP contribution in [0, 0.1) is 0 Å². The fourth-order valence-corrected chi connectivity index (χ4v) is 4.99. The van der Waals surface area contributed by atoms with Gasteiger partial charge in [-0.3, -0.25) is 0 Å². The topological polar surface area (TPSA) is 84.9 Å². The van der Waals surface area contributed by atoms with Crippen molar-refractivity contribution in [3.05, 3.63) is 58.1 Å². The molecule has 0 saturated carbocycles. The van der Waals surface area contributed by atoms with Gasteiger partial charge < -0.3 is 13.8 Å². The maximum absolute atomic E-state index is 13.1. The molecule has 2 aromatic rings. The number of benzene rings is 2. The Morgan fingerprint density at radius 3 is 1.68 bits per heavy atom. The standard InChI is InChI=1S/C30H46N2O5S/c1-19(2)22-14-13-15-23(20(3)4)26(22)37-38(34,35)31-28(33)36-27-24(29(5,6)7)16-21(18-32(11)12)17-25(27)30(8,9)10/h13-17,19-20H,18H2,1-12H3,(H,31,33). The summed E-state index contributed by atoms with van der Waals surface area (Å²) in [7, 11) is -0.521. The van der Waals surface area contributed by atoms with Gasteiger partial charge in [0.1, 0.15) is 5.75 Å². The molecule has 2 aromatic carbocycles. The van der Waals surface area contributed by atoms with E-state index in [1.165, 1.54) is 0 Å². The van der Waals surface area contributed by atoms with E-state index in [9.17, 15) is 13.2 Å². The Morgan fingerprint density at radius 1 is 0.868 bits per heavy atom. The summed E-state index contributed by atoms with van der Waals surface area (Å²) in [4.78, 5) is 15.2. The highest BCUT2D eigenvalue weighted by atomic mass is 32.2. The minimum absolute atomic E-state index is 0.0234. The lowest BCUT2D eigenvalue weighted by Crippen LogP contribution is -2.37. The van der Waals surface area contributed by atoms with E-state index < -0.39 is 16.4 Å². The van der Waals surface area contributed by atoms with Gasteiger partial charge in [-0.15, -0.1) is 0 Å². The van der Waals surface area contributed by atoms with Crippen molar-refractivity contribution >= 4 is 16.4 Å². The Morgan fingerprint density at radius 2 is 1.32 bits per heavy atom. The van der Waals surface area contributed by atoms with Crippen LogP contribution in [0.1, 0.15) is 109 Å².